The lowest BCUT2D eigenvalue weighted by atomic mass is 10.0. The van der Waals surface area contributed by atoms with Gasteiger partial charge in [-0.05, 0) is 24.8 Å². The Kier molecular flexibility index (Phi) is 4.49. The van der Waals surface area contributed by atoms with Crippen LogP contribution in [0.1, 0.15) is 24.8 Å². The molecule has 104 valence electrons. The highest BCUT2D eigenvalue weighted by molar-refractivity contribution is 5.14. The molecule has 1 unspecified atom stereocenters. The smallest absolute Gasteiger partial charge is 0.0622 e. The zero-order chi connectivity index (χ0) is 12.9. The summed E-state index contributed by atoms with van der Waals surface area (Å²) in [6.45, 7) is 5.35. The van der Waals surface area contributed by atoms with Crippen LogP contribution in [-0.2, 0) is 11.3 Å². The highest BCUT2D eigenvalue weighted by atomic mass is 16.5. The van der Waals surface area contributed by atoms with E-state index < -0.39 is 0 Å². The lowest BCUT2D eigenvalue weighted by Gasteiger charge is -2.35. The number of benzene rings is 1. The van der Waals surface area contributed by atoms with Gasteiger partial charge in [0.1, 0.15) is 0 Å². The molecule has 0 saturated carbocycles. The summed E-state index contributed by atoms with van der Waals surface area (Å²) in [7, 11) is 0. The van der Waals surface area contributed by atoms with E-state index >= 15 is 0 Å². The van der Waals surface area contributed by atoms with Gasteiger partial charge in [0.15, 0.2) is 0 Å². The van der Waals surface area contributed by atoms with E-state index in [-0.39, 0.29) is 0 Å². The molecule has 1 aromatic rings. The Morgan fingerprint density at radius 3 is 2.58 bits per heavy atom. The first-order valence-corrected chi connectivity index (χ1v) is 7.51. The van der Waals surface area contributed by atoms with Crippen molar-refractivity contribution in [1.29, 1.82) is 0 Å². The summed E-state index contributed by atoms with van der Waals surface area (Å²) in [6.07, 6.45) is 3.76. The van der Waals surface area contributed by atoms with Crippen molar-refractivity contribution in [3.05, 3.63) is 35.9 Å². The number of rotatable bonds is 4. The number of likely N-dealkylation sites (tertiary alicyclic amines) is 1. The van der Waals surface area contributed by atoms with Gasteiger partial charge >= 0.3 is 0 Å². The summed E-state index contributed by atoms with van der Waals surface area (Å²) in [4.78, 5) is 2.62. The van der Waals surface area contributed by atoms with Crippen LogP contribution in [0.4, 0.5) is 0 Å². The van der Waals surface area contributed by atoms with E-state index in [1.54, 1.807) is 0 Å². The topological polar surface area (TPSA) is 24.5 Å². The predicted molar refractivity (Wildman–Crippen MR) is 77.1 cm³/mol. The summed E-state index contributed by atoms with van der Waals surface area (Å²) >= 11 is 0. The molecule has 2 fully saturated rings. The van der Waals surface area contributed by atoms with Gasteiger partial charge in [-0.1, -0.05) is 30.3 Å². The fourth-order valence-corrected chi connectivity index (χ4v) is 3.14. The van der Waals surface area contributed by atoms with Crippen LogP contribution >= 0.6 is 0 Å². The second kappa shape index (κ2) is 6.51. The Bertz CT molecular complexity index is 368. The van der Waals surface area contributed by atoms with Crippen LogP contribution < -0.4 is 5.32 Å². The minimum atomic E-state index is 0.679. The number of piperidine rings is 1. The van der Waals surface area contributed by atoms with Gasteiger partial charge in [0.2, 0.25) is 0 Å². The van der Waals surface area contributed by atoms with Gasteiger partial charge in [0.05, 0.1) is 6.61 Å². The monoisotopic (exact) mass is 260 g/mol. The van der Waals surface area contributed by atoms with Crippen molar-refractivity contribution in [2.75, 3.05) is 26.3 Å². The van der Waals surface area contributed by atoms with Gasteiger partial charge in [-0.25, -0.2) is 0 Å². The molecule has 0 amide bonds. The number of nitrogens with zero attached hydrogens (tertiary/aromatic N) is 1. The van der Waals surface area contributed by atoms with E-state index in [2.05, 4.69) is 40.5 Å². The number of hydrogen-bond donors (Lipinski definition) is 1. The van der Waals surface area contributed by atoms with Crippen LogP contribution in [0.25, 0.3) is 0 Å². The lowest BCUT2D eigenvalue weighted by Crippen LogP contribution is -2.46. The molecule has 0 bridgehead atoms. The molecule has 3 nitrogen and oxygen atoms in total. The zero-order valence-corrected chi connectivity index (χ0v) is 11.6. The Hall–Kier alpha value is -0.900. The highest BCUT2D eigenvalue weighted by Gasteiger charge is 2.27. The molecule has 2 saturated heterocycles. The van der Waals surface area contributed by atoms with E-state index in [0.717, 1.165) is 19.8 Å². The molecule has 1 N–H and O–H groups in total. The van der Waals surface area contributed by atoms with Crippen LogP contribution in [0, 0.1) is 0 Å². The van der Waals surface area contributed by atoms with E-state index in [9.17, 15) is 0 Å². The Morgan fingerprint density at radius 1 is 1.11 bits per heavy atom. The maximum absolute atomic E-state index is 5.49. The normalized spacial score (nSPS) is 25.8. The van der Waals surface area contributed by atoms with Crippen molar-refractivity contribution >= 4 is 0 Å². The third kappa shape index (κ3) is 3.56. The van der Waals surface area contributed by atoms with E-state index in [0.29, 0.717) is 12.1 Å². The van der Waals surface area contributed by atoms with Gasteiger partial charge in [0.25, 0.3) is 0 Å². The number of nitrogens with one attached hydrogen (secondary N) is 1. The molecule has 2 aliphatic heterocycles. The molecule has 0 aliphatic carbocycles. The fraction of sp³-hybridized carbons (Fsp3) is 0.625. The third-order valence-corrected chi connectivity index (χ3v) is 4.39. The van der Waals surface area contributed by atoms with E-state index in [4.69, 9.17) is 4.74 Å². The number of hydrogen-bond acceptors (Lipinski definition) is 3. The molecule has 3 heteroatoms. The quantitative estimate of drug-likeness (QED) is 0.896. The average molecular weight is 260 g/mol. The second-order valence-electron chi connectivity index (χ2n) is 5.69. The van der Waals surface area contributed by atoms with Crippen molar-refractivity contribution in [3.8, 4) is 0 Å². The molecule has 1 atom stereocenters. The maximum Gasteiger partial charge on any atom is 0.0622 e. The molecule has 0 aromatic heterocycles. The van der Waals surface area contributed by atoms with Crippen molar-refractivity contribution in [1.82, 2.24) is 10.2 Å². The van der Waals surface area contributed by atoms with Gasteiger partial charge in [0, 0.05) is 38.3 Å². The highest BCUT2D eigenvalue weighted by Crippen LogP contribution is 2.18. The summed E-state index contributed by atoms with van der Waals surface area (Å²) in [6, 6.07) is 12.1. The molecular weight excluding hydrogens is 236 g/mol. The summed E-state index contributed by atoms with van der Waals surface area (Å²) in [5.41, 5.74) is 1.38. The first-order valence-electron chi connectivity index (χ1n) is 7.51. The van der Waals surface area contributed by atoms with Gasteiger partial charge in [-0.3, -0.25) is 4.90 Å². The van der Waals surface area contributed by atoms with Gasteiger partial charge in [-0.2, -0.15) is 0 Å². The Labute approximate surface area is 115 Å². The second-order valence-corrected chi connectivity index (χ2v) is 5.69. The molecule has 0 spiro atoms. The van der Waals surface area contributed by atoms with Gasteiger partial charge < -0.3 is 10.1 Å². The summed E-state index contributed by atoms with van der Waals surface area (Å²) < 4.78 is 5.49. The molecule has 2 aliphatic rings. The van der Waals surface area contributed by atoms with Crippen LogP contribution in [0.15, 0.2) is 30.3 Å². The maximum atomic E-state index is 5.49. The fourth-order valence-electron chi connectivity index (χ4n) is 3.14. The van der Waals surface area contributed by atoms with Crippen molar-refractivity contribution in [2.45, 2.75) is 37.9 Å². The first-order chi connectivity index (χ1) is 9.42. The zero-order valence-electron chi connectivity index (χ0n) is 11.6. The van der Waals surface area contributed by atoms with Gasteiger partial charge in [-0.15, -0.1) is 0 Å². The molecule has 0 radical (unpaired) electrons. The van der Waals surface area contributed by atoms with Crippen LogP contribution in [0.2, 0.25) is 0 Å². The van der Waals surface area contributed by atoms with Crippen LogP contribution in [0.3, 0.4) is 0 Å². The van der Waals surface area contributed by atoms with Crippen molar-refractivity contribution < 1.29 is 4.74 Å². The van der Waals surface area contributed by atoms with Crippen LogP contribution in [-0.4, -0.2) is 43.3 Å². The summed E-state index contributed by atoms with van der Waals surface area (Å²) in [5, 5.41) is 3.69. The van der Waals surface area contributed by atoms with Crippen molar-refractivity contribution in [3.63, 3.8) is 0 Å². The lowest BCUT2D eigenvalue weighted by molar-refractivity contribution is 0.117. The Morgan fingerprint density at radius 2 is 1.89 bits per heavy atom. The molecule has 2 heterocycles. The predicted octanol–water partition coefficient (Wildman–Crippen LogP) is 2.03. The molecule has 19 heavy (non-hydrogen) atoms. The van der Waals surface area contributed by atoms with E-state index in [1.807, 2.05) is 0 Å². The average Bonchev–Trinajstić information content (AvgIpc) is 3.01. The minimum Gasteiger partial charge on any atom is -0.380 e. The Balaban J connectivity index is 1.40. The molecule has 3 rings (SSSR count). The molecule has 1 aromatic carbocycles. The SMILES string of the molecule is c1ccc(CNC2CCN(C3CCOC3)CC2)cc1. The summed E-state index contributed by atoms with van der Waals surface area (Å²) in [5.74, 6) is 0. The first kappa shape index (κ1) is 13.1. The van der Waals surface area contributed by atoms with Crippen molar-refractivity contribution in [2.24, 2.45) is 0 Å². The standard InChI is InChI=1S/C16H24N2O/c1-2-4-14(5-3-1)12-17-15-6-9-18(10-7-15)16-8-11-19-13-16/h1-5,15-17H,6-13H2. The largest absolute Gasteiger partial charge is 0.380 e. The van der Waals surface area contributed by atoms with E-state index in [1.165, 1.54) is 37.9 Å². The molecular formula is C16H24N2O. The third-order valence-electron chi connectivity index (χ3n) is 4.39. The minimum absolute atomic E-state index is 0.679. The number of ether oxygens (including phenoxy) is 1. The van der Waals surface area contributed by atoms with Crippen LogP contribution in [0.5, 0.6) is 0 Å².